The van der Waals surface area contributed by atoms with Crippen LogP contribution in [0.2, 0.25) is 0 Å². The highest BCUT2D eigenvalue weighted by Gasteiger charge is 2.67. The van der Waals surface area contributed by atoms with Crippen LogP contribution in [0.15, 0.2) is 0 Å². The molecule has 0 radical (unpaired) electrons. The maximum Gasteiger partial charge on any atom is 0.206 e. The zero-order valence-electron chi connectivity index (χ0n) is 8.93. The predicted molar refractivity (Wildman–Crippen MR) is 53.7 cm³/mol. The largest absolute Gasteiger partial charge is 0.311 e. The predicted octanol–water partition coefficient (Wildman–Crippen LogP) is 0.459. The van der Waals surface area contributed by atoms with Gasteiger partial charge in [0, 0.05) is 0 Å². The number of hydrogen-bond donors (Lipinski definition) is 1. The molecule has 0 amide bonds. The van der Waals surface area contributed by atoms with E-state index < -0.39 is 16.4 Å². The van der Waals surface area contributed by atoms with E-state index in [2.05, 4.69) is 0 Å². The minimum absolute atomic E-state index is 0.0712. The van der Waals surface area contributed by atoms with Crippen LogP contribution in [0.3, 0.4) is 0 Å². The second-order valence-corrected chi connectivity index (χ2v) is 4.04. The molecule has 17 heavy (non-hydrogen) atoms. The molecular formula is C11H8N6. The standard InChI is InChI=1S/C11H8N6/c12-4-9(5-13)2-1-3-11(17,8-16)10(9,6-14)7-15/h1-3,17H2. The first kappa shape index (κ1) is 12.5. The summed E-state index contributed by atoms with van der Waals surface area (Å²) in [7, 11) is 0. The van der Waals surface area contributed by atoms with E-state index in [0.717, 1.165) is 0 Å². The SMILES string of the molecule is N#CC1(N)CCCC(C#N)(C#N)C1(C#N)C#N. The molecule has 1 aliphatic rings. The van der Waals surface area contributed by atoms with Gasteiger partial charge in [0.2, 0.25) is 5.41 Å². The highest BCUT2D eigenvalue weighted by atomic mass is 14.8. The number of nitrogens with two attached hydrogens (primary N) is 1. The van der Waals surface area contributed by atoms with Crippen LogP contribution in [0.5, 0.6) is 0 Å². The summed E-state index contributed by atoms with van der Waals surface area (Å²) in [5.41, 5.74) is 0.0230. The van der Waals surface area contributed by atoms with E-state index in [9.17, 15) is 10.5 Å². The van der Waals surface area contributed by atoms with Crippen LogP contribution in [-0.4, -0.2) is 5.54 Å². The molecule has 1 rings (SSSR count). The van der Waals surface area contributed by atoms with Gasteiger partial charge in [-0.3, -0.25) is 0 Å². The summed E-state index contributed by atoms with van der Waals surface area (Å²) in [5, 5.41) is 45.7. The minimum atomic E-state index is -2.11. The Kier molecular flexibility index (Phi) is 2.77. The van der Waals surface area contributed by atoms with E-state index in [1.807, 2.05) is 0 Å². The van der Waals surface area contributed by atoms with E-state index >= 15 is 0 Å². The van der Waals surface area contributed by atoms with Crippen LogP contribution in [0.1, 0.15) is 19.3 Å². The van der Waals surface area contributed by atoms with Crippen LogP contribution in [0, 0.1) is 67.5 Å². The van der Waals surface area contributed by atoms with Crippen molar-refractivity contribution < 1.29 is 0 Å². The first-order chi connectivity index (χ1) is 8.01. The van der Waals surface area contributed by atoms with Crippen LogP contribution in [0.4, 0.5) is 0 Å². The van der Waals surface area contributed by atoms with Crippen molar-refractivity contribution in [2.24, 2.45) is 16.6 Å². The molecule has 0 spiro atoms. The van der Waals surface area contributed by atoms with Gasteiger partial charge < -0.3 is 5.73 Å². The molecule has 0 aromatic heterocycles. The molecule has 0 aliphatic heterocycles. The van der Waals surface area contributed by atoms with Crippen molar-refractivity contribution in [2.75, 3.05) is 0 Å². The number of rotatable bonds is 0. The average molecular weight is 224 g/mol. The molecule has 0 saturated heterocycles. The van der Waals surface area contributed by atoms with Gasteiger partial charge in [-0.15, -0.1) is 0 Å². The molecule has 0 aromatic rings. The van der Waals surface area contributed by atoms with Gasteiger partial charge in [-0.25, -0.2) is 0 Å². The lowest BCUT2D eigenvalue weighted by Crippen LogP contribution is -2.63. The monoisotopic (exact) mass is 224 g/mol. The first-order valence-corrected chi connectivity index (χ1v) is 4.86. The third-order valence-electron chi connectivity index (χ3n) is 3.35. The van der Waals surface area contributed by atoms with E-state index in [1.54, 1.807) is 30.3 Å². The molecule has 0 bridgehead atoms. The highest BCUT2D eigenvalue weighted by Crippen LogP contribution is 2.53. The lowest BCUT2D eigenvalue weighted by Gasteiger charge is -2.44. The number of nitriles is 5. The van der Waals surface area contributed by atoms with Gasteiger partial charge >= 0.3 is 0 Å². The maximum absolute atomic E-state index is 9.20. The third-order valence-corrected chi connectivity index (χ3v) is 3.35. The van der Waals surface area contributed by atoms with Gasteiger partial charge in [0.05, 0.1) is 30.3 Å². The number of hydrogen-bond acceptors (Lipinski definition) is 6. The van der Waals surface area contributed by atoms with E-state index in [4.69, 9.17) is 21.5 Å². The molecule has 1 aliphatic carbocycles. The maximum atomic E-state index is 9.20. The van der Waals surface area contributed by atoms with Gasteiger partial charge in [0.1, 0.15) is 5.54 Å². The fourth-order valence-electron chi connectivity index (χ4n) is 2.25. The van der Waals surface area contributed by atoms with Crippen molar-refractivity contribution in [1.29, 1.82) is 26.3 Å². The molecule has 0 heterocycles. The van der Waals surface area contributed by atoms with Gasteiger partial charge in [0.25, 0.3) is 0 Å². The van der Waals surface area contributed by atoms with Crippen molar-refractivity contribution in [3.05, 3.63) is 0 Å². The molecule has 1 saturated carbocycles. The van der Waals surface area contributed by atoms with Crippen LogP contribution in [-0.2, 0) is 0 Å². The van der Waals surface area contributed by atoms with Gasteiger partial charge in [0.15, 0.2) is 5.41 Å². The van der Waals surface area contributed by atoms with Crippen molar-refractivity contribution in [1.82, 2.24) is 0 Å². The molecule has 0 aromatic carbocycles. The van der Waals surface area contributed by atoms with Crippen LogP contribution < -0.4 is 5.73 Å². The van der Waals surface area contributed by atoms with E-state index in [1.165, 1.54) is 0 Å². The normalized spacial score (nSPS) is 28.5. The van der Waals surface area contributed by atoms with Crippen LogP contribution in [0.25, 0.3) is 0 Å². The summed E-state index contributed by atoms with van der Waals surface area (Å²) >= 11 is 0. The van der Waals surface area contributed by atoms with Crippen molar-refractivity contribution in [3.63, 3.8) is 0 Å². The van der Waals surface area contributed by atoms with Crippen molar-refractivity contribution in [2.45, 2.75) is 24.8 Å². The zero-order chi connectivity index (χ0) is 13.2. The van der Waals surface area contributed by atoms with Crippen LogP contribution >= 0.6 is 0 Å². The summed E-state index contributed by atoms with van der Waals surface area (Å²) in [4.78, 5) is 0. The second-order valence-electron chi connectivity index (χ2n) is 4.04. The summed E-state index contributed by atoms with van der Waals surface area (Å²) in [6.07, 6.45) is 0.549. The van der Waals surface area contributed by atoms with Crippen molar-refractivity contribution in [3.8, 4) is 30.3 Å². The molecule has 2 N–H and O–H groups in total. The van der Waals surface area contributed by atoms with Gasteiger partial charge in [-0.1, -0.05) is 0 Å². The van der Waals surface area contributed by atoms with E-state index in [-0.39, 0.29) is 12.8 Å². The first-order valence-electron chi connectivity index (χ1n) is 4.86. The zero-order valence-corrected chi connectivity index (χ0v) is 8.93. The Labute approximate surface area is 98.7 Å². The molecular weight excluding hydrogens is 216 g/mol. The Hall–Kier alpha value is -2.59. The molecule has 6 nitrogen and oxygen atoms in total. The Balaban J connectivity index is 3.67. The Morgan fingerprint density at radius 2 is 1.29 bits per heavy atom. The fourth-order valence-corrected chi connectivity index (χ4v) is 2.25. The Morgan fingerprint density at radius 3 is 1.65 bits per heavy atom. The molecule has 6 heteroatoms. The average Bonchev–Trinajstić information content (AvgIpc) is 2.38. The topological polar surface area (TPSA) is 145 Å². The van der Waals surface area contributed by atoms with E-state index in [0.29, 0.717) is 6.42 Å². The Morgan fingerprint density at radius 1 is 0.765 bits per heavy atom. The lowest BCUT2D eigenvalue weighted by atomic mass is 9.51. The molecule has 1 unspecified atom stereocenters. The second kappa shape index (κ2) is 3.77. The number of nitrogens with zero attached hydrogens (tertiary/aromatic N) is 5. The highest BCUT2D eigenvalue weighted by molar-refractivity contribution is 5.45. The molecule has 1 atom stereocenters. The van der Waals surface area contributed by atoms with Gasteiger partial charge in [-0.2, -0.15) is 26.3 Å². The summed E-state index contributed by atoms with van der Waals surface area (Å²) in [5.74, 6) is 0. The molecule has 82 valence electrons. The summed E-state index contributed by atoms with van der Waals surface area (Å²) in [6.45, 7) is 0. The Bertz CT molecular complexity index is 515. The smallest absolute Gasteiger partial charge is 0.206 e. The molecule has 1 fully saturated rings. The lowest BCUT2D eigenvalue weighted by molar-refractivity contribution is 0.127. The van der Waals surface area contributed by atoms with Gasteiger partial charge in [-0.05, 0) is 19.3 Å². The fraction of sp³-hybridized carbons (Fsp3) is 0.545. The van der Waals surface area contributed by atoms with Crippen molar-refractivity contribution >= 4 is 0 Å². The quantitative estimate of drug-likeness (QED) is 0.632. The summed E-state index contributed by atoms with van der Waals surface area (Å²) < 4.78 is 0. The minimum Gasteiger partial charge on any atom is -0.311 e. The third kappa shape index (κ3) is 1.18. The summed E-state index contributed by atoms with van der Waals surface area (Å²) in [6, 6.07) is 8.45.